The molecule has 0 spiro atoms. The third-order valence-corrected chi connectivity index (χ3v) is 2.30. The van der Waals surface area contributed by atoms with Crippen LogP contribution in [0.15, 0.2) is 11.1 Å². The minimum Gasteiger partial charge on any atom is -0.312 e. The third-order valence-electron chi connectivity index (χ3n) is 1.95. The molecule has 0 fully saturated rings. The molecule has 0 saturated heterocycles. The fourth-order valence-corrected chi connectivity index (χ4v) is 1.21. The van der Waals surface area contributed by atoms with Crippen molar-refractivity contribution in [2.45, 2.75) is 25.9 Å². The number of rotatable bonds is 2. The molecule has 72 valence electrons. The zero-order valence-corrected chi connectivity index (χ0v) is 8.15. The summed E-state index contributed by atoms with van der Waals surface area (Å²) in [4.78, 5) is 17.0. The normalized spacial score (nSPS) is 15.4. The maximum Gasteiger partial charge on any atom is 0.269 e. The number of aromatic nitrogens is 2. The molecule has 0 bridgehead atoms. The van der Waals surface area contributed by atoms with Gasteiger partial charge in [-0.1, -0.05) is 18.5 Å². The first-order valence-electron chi connectivity index (χ1n) is 3.91. The number of alkyl halides is 1. The molecule has 1 aromatic rings. The molecule has 1 aromatic heterocycles. The Balaban J connectivity index is 3.31. The highest BCUT2D eigenvalue weighted by Gasteiger charge is 2.28. The Kier molecular flexibility index (Phi) is 2.71. The molecule has 5 heteroatoms. The molecular formula is C8H10ClFN2O. The van der Waals surface area contributed by atoms with Crippen molar-refractivity contribution in [2.75, 3.05) is 0 Å². The minimum atomic E-state index is -1.65. The van der Waals surface area contributed by atoms with Gasteiger partial charge >= 0.3 is 0 Å². The second-order valence-electron chi connectivity index (χ2n) is 2.95. The fraction of sp³-hybridized carbons (Fsp3) is 0.500. The Morgan fingerprint density at radius 2 is 2.38 bits per heavy atom. The number of H-pyrrole nitrogens is 1. The molecule has 0 aliphatic heterocycles. The summed E-state index contributed by atoms with van der Waals surface area (Å²) in [5.74, 6) is 0. The van der Waals surface area contributed by atoms with Gasteiger partial charge in [-0.3, -0.25) is 4.79 Å². The van der Waals surface area contributed by atoms with Crippen LogP contribution in [0.1, 0.15) is 26.0 Å². The highest BCUT2D eigenvalue weighted by molar-refractivity contribution is 6.31. The van der Waals surface area contributed by atoms with Gasteiger partial charge in [0, 0.05) is 0 Å². The Morgan fingerprint density at radius 1 is 1.77 bits per heavy atom. The largest absolute Gasteiger partial charge is 0.312 e. The molecule has 0 aromatic carbocycles. The molecule has 0 radical (unpaired) electrons. The maximum absolute atomic E-state index is 13.7. The molecule has 3 nitrogen and oxygen atoms in total. The van der Waals surface area contributed by atoms with Crippen LogP contribution in [0, 0.1) is 0 Å². The van der Waals surface area contributed by atoms with E-state index < -0.39 is 11.2 Å². The number of halogens is 2. The molecule has 1 N–H and O–H groups in total. The van der Waals surface area contributed by atoms with Crippen molar-refractivity contribution in [2.24, 2.45) is 0 Å². The lowest BCUT2D eigenvalue weighted by Gasteiger charge is -2.17. The summed E-state index contributed by atoms with van der Waals surface area (Å²) in [5.41, 5.74) is -2.16. The lowest BCUT2D eigenvalue weighted by atomic mass is 10.0. The van der Waals surface area contributed by atoms with Gasteiger partial charge in [-0.2, -0.15) is 0 Å². The van der Waals surface area contributed by atoms with Gasteiger partial charge in [0.25, 0.3) is 5.56 Å². The monoisotopic (exact) mass is 204 g/mol. The number of nitrogens with zero attached hydrogens (tertiary/aromatic N) is 1. The van der Waals surface area contributed by atoms with Gasteiger partial charge < -0.3 is 4.98 Å². The molecule has 13 heavy (non-hydrogen) atoms. The smallest absolute Gasteiger partial charge is 0.269 e. The molecule has 1 atom stereocenters. The Morgan fingerprint density at radius 3 is 2.92 bits per heavy atom. The van der Waals surface area contributed by atoms with Crippen molar-refractivity contribution in [3.63, 3.8) is 0 Å². The minimum absolute atomic E-state index is 0.000386. The fourth-order valence-electron chi connectivity index (χ4n) is 0.914. The van der Waals surface area contributed by atoms with Crippen molar-refractivity contribution in [1.29, 1.82) is 0 Å². The predicted molar refractivity (Wildman–Crippen MR) is 48.6 cm³/mol. The molecule has 0 aliphatic carbocycles. The summed E-state index contributed by atoms with van der Waals surface area (Å²) in [7, 11) is 0. The van der Waals surface area contributed by atoms with Crippen LogP contribution in [0.4, 0.5) is 4.39 Å². The molecule has 1 rings (SSSR count). The molecule has 1 unspecified atom stereocenters. The van der Waals surface area contributed by atoms with Crippen molar-refractivity contribution < 1.29 is 4.39 Å². The average molecular weight is 205 g/mol. The van der Waals surface area contributed by atoms with Gasteiger partial charge in [-0.15, -0.1) is 0 Å². The van der Waals surface area contributed by atoms with Gasteiger partial charge in [0.05, 0.1) is 6.33 Å². The van der Waals surface area contributed by atoms with Gasteiger partial charge in [-0.05, 0) is 13.3 Å². The van der Waals surface area contributed by atoms with Gasteiger partial charge in [0.1, 0.15) is 10.7 Å². The number of hydrogen-bond acceptors (Lipinski definition) is 2. The second kappa shape index (κ2) is 3.46. The zero-order valence-electron chi connectivity index (χ0n) is 7.40. The summed E-state index contributed by atoms with van der Waals surface area (Å²) >= 11 is 5.61. The van der Waals surface area contributed by atoms with E-state index >= 15 is 0 Å². The van der Waals surface area contributed by atoms with Crippen LogP contribution >= 0.6 is 11.6 Å². The van der Waals surface area contributed by atoms with Gasteiger partial charge in [-0.25, -0.2) is 9.37 Å². The Bertz CT molecular complexity index is 361. The van der Waals surface area contributed by atoms with Crippen LogP contribution in [0.25, 0.3) is 0 Å². The topological polar surface area (TPSA) is 45.8 Å². The third kappa shape index (κ3) is 1.88. The number of aromatic amines is 1. The molecule has 0 saturated carbocycles. The van der Waals surface area contributed by atoms with Gasteiger partial charge in [0.2, 0.25) is 0 Å². The van der Waals surface area contributed by atoms with Crippen LogP contribution in [-0.2, 0) is 5.67 Å². The number of nitrogens with one attached hydrogen (secondary N) is 1. The van der Waals surface area contributed by atoms with Crippen LogP contribution < -0.4 is 5.56 Å². The van der Waals surface area contributed by atoms with Gasteiger partial charge in [0.15, 0.2) is 5.67 Å². The zero-order chi connectivity index (χ0) is 10.1. The van der Waals surface area contributed by atoms with E-state index in [0.29, 0.717) is 0 Å². The van der Waals surface area contributed by atoms with E-state index in [1.165, 1.54) is 6.92 Å². The number of hydrogen-bond donors (Lipinski definition) is 1. The average Bonchev–Trinajstić information content (AvgIpc) is 2.09. The van der Waals surface area contributed by atoms with Crippen molar-refractivity contribution in [3.8, 4) is 0 Å². The highest BCUT2D eigenvalue weighted by Crippen LogP contribution is 2.30. The summed E-state index contributed by atoms with van der Waals surface area (Å²) in [6.07, 6.45) is 1.38. The molecule has 0 aliphatic rings. The van der Waals surface area contributed by atoms with E-state index in [1.54, 1.807) is 6.92 Å². The lowest BCUT2D eigenvalue weighted by Crippen LogP contribution is -2.21. The first kappa shape index (κ1) is 10.2. The van der Waals surface area contributed by atoms with E-state index in [0.717, 1.165) is 6.33 Å². The Hall–Kier alpha value is -0.900. The summed E-state index contributed by atoms with van der Waals surface area (Å²) in [5, 5.41) is -0.172. The van der Waals surface area contributed by atoms with E-state index in [-0.39, 0.29) is 17.1 Å². The quantitative estimate of drug-likeness (QED) is 0.801. The van der Waals surface area contributed by atoms with E-state index in [4.69, 9.17) is 11.6 Å². The van der Waals surface area contributed by atoms with Crippen LogP contribution in [0.2, 0.25) is 5.02 Å². The summed E-state index contributed by atoms with van der Waals surface area (Å²) < 4.78 is 13.7. The van der Waals surface area contributed by atoms with Crippen LogP contribution in [0.5, 0.6) is 0 Å². The predicted octanol–water partition coefficient (Wildman–Crippen LogP) is 2.02. The summed E-state index contributed by atoms with van der Waals surface area (Å²) in [6, 6.07) is 0. The highest BCUT2D eigenvalue weighted by atomic mass is 35.5. The Labute approximate surface area is 80.0 Å². The lowest BCUT2D eigenvalue weighted by molar-refractivity contribution is 0.178. The van der Waals surface area contributed by atoms with E-state index in [2.05, 4.69) is 9.97 Å². The van der Waals surface area contributed by atoms with E-state index in [9.17, 15) is 9.18 Å². The van der Waals surface area contributed by atoms with Crippen molar-refractivity contribution in [3.05, 3.63) is 27.4 Å². The van der Waals surface area contributed by atoms with E-state index in [1.807, 2.05) is 0 Å². The second-order valence-corrected chi connectivity index (χ2v) is 3.32. The van der Waals surface area contributed by atoms with Crippen LogP contribution in [0.3, 0.4) is 0 Å². The molecule has 0 amide bonds. The SMILES string of the molecule is CCC(C)(F)c1nc[nH]c(=O)c1Cl. The first-order valence-corrected chi connectivity index (χ1v) is 4.29. The maximum atomic E-state index is 13.7. The van der Waals surface area contributed by atoms with Crippen molar-refractivity contribution in [1.82, 2.24) is 9.97 Å². The van der Waals surface area contributed by atoms with Crippen molar-refractivity contribution >= 4 is 11.6 Å². The molecular weight excluding hydrogens is 195 g/mol. The standard InChI is InChI=1S/C8H10ClFN2O/c1-3-8(2,10)6-5(9)7(13)12-4-11-6/h4H,3H2,1-2H3,(H,11,12,13). The first-order chi connectivity index (χ1) is 5.99. The molecule has 1 heterocycles. The van der Waals surface area contributed by atoms with Crippen LogP contribution in [-0.4, -0.2) is 9.97 Å². The summed E-state index contributed by atoms with van der Waals surface area (Å²) in [6.45, 7) is 3.01.